The molecule has 0 saturated carbocycles. The van der Waals surface area contributed by atoms with Gasteiger partial charge in [0.1, 0.15) is 4.21 Å². The maximum absolute atomic E-state index is 12.3. The highest BCUT2D eigenvalue weighted by Crippen LogP contribution is 2.25. The van der Waals surface area contributed by atoms with E-state index in [1.165, 1.54) is 11.3 Å². The van der Waals surface area contributed by atoms with Gasteiger partial charge in [0.05, 0.1) is 0 Å². The van der Waals surface area contributed by atoms with Crippen molar-refractivity contribution in [3.8, 4) is 0 Å². The molecule has 1 aromatic carbocycles. The van der Waals surface area contributed by atoms with Gasteiger partial charge in [-0.25, -0.2) is 8.42 Å². The van der Waals surface area contributed by atoms with Crippen LogP contribution in [-0.2, 0) is 16.4 Å². The lowest BCUT2D eigenvalue weighted by Crippen LogP contribution is -2.25. The van der Waals surface area contributed by atoms with Crippen molar-refractivity contribution in [1.82, 2.24) is 0 Å². The van der Waals surface area contributed by atoms with Crippen LogP contribution < -0.4 is 10.0 Å². The molecule has 0 saturated heterocycles. The van der Waals surface area contributed by atoms with E-state index in [1.54, 1.807) is 18.2 Å². The van der Waals surface area contributed by atoms with Gasteiger partial charge in [0.25, 0.3) is 10.0 Å². The van der Waals surface area contributed by atoms with Crippen LogP contribution in [-0.4, -0.2) is 14.0 Å². The molecule has 0 aliphatic heterocycles. The van der Waals surface area contributed by atoms with Gasteiger partial charge in [0.2, 0.25) is 0 Å². The molecule has 0 aliphatic rings. The Balaban J connectivity index is 2.13. The van der Waals surface area contributed by atoms with E-state index in [1.807, 2.05) is 25.1 Å². The molecule has 0 radical (unpaired) electrons. The molecule has 2 N–H and O–H groups in total. The first kappa shape index (κ1) is 16.8. The topological polar surface area (TPSA) is 58.2 Å². The van der Waals surface area contributed by atoms with Gasteiger partial charge in [-0.1, -0.05) is 6.92 Å². The average Bonchev–Trinajstić information content (AvgIpc) is 2.89. The molecular formula is C16H22N2O2S2. The monoisotopic (exact) mass is 338 g/mol. The number of sulfonamides is 1. The molecule has 120 valence electrons. The predicted molar refractivity (Wildman–Crippen MR) is 94.3 cm³/mol. The summed E-state index contributed by atoms with van der Waals surface area (Å²) in [5, 5.41) is 3.34. The third-order valence-corrected chi connectivity index (χ3v) is 6.01. The summed E-state index contributed by atoms with van der Waals surface area (Å²) in [6.07, 6.45) is 0.841. The van der Waals surface area contributed by atoms with Crippen molar-refractivity contribution < 1.29 is 8.42 Å². The van der Waals surface area contributed by atoms with Crippen LogP contribution in [0.25, 0.3) is 0 Å². The molecule has 2 aromatic rings. The Kier molecular flexibility index (Phi) is 4.82. The van der Waals surface area contributed by atoms with Gasteiger partial charge in [-0.3, -0.25) is 4.72 Å². The van der Waals surface area contributed by atoms with Crippen LogP contribution in [0.2, 0.25) is 0 Å². The maximum atomic E-state index is 12.3. The highest BCUT2D eigenvalue weighted by atomic mass is 32.2. The smallest absolute Gasteiger partial charge is 0.271 e. The summed E-state index contributed by atoms with van der Waals surface area (Å²) in [7, 11) is -3.50. The zero-order valence-electron chi connectivity index (χ0n) is 13.3. The molecule has 1 aromatic heterocycles. The molecule has 0 unspecified atom stereocenters. The second kappa shape index (κ2) is 6.30. The first-order chi connectivity index (χ1) is 10.2. The number of anilines is 2. The summed E-state index contributed by atoms with van der Waals surface area (Å²) in [5.74, 6) is 0. The zero-order chi connectivity index (χ0) is 16.4. The molecular weight excluding hydrogens is 316 g/mol. The van der Waals surface area contributed by atoms with E-state index in [0.717, 1.165) is 17.0 Å². The highest BCUT2D eigenvalue weighted by molar-refractivity contribution is 7.94. The van der Waals surface area contributed by atoms with E-state index in [9.17, 15) is 8.42 Å². The van der Waals surface area contributed by atoms with Gasteiger partial charge in [-0.05, 0) is 63.6 Å². The van der Waals surface area contributed by atoms with E-state index in [0.29, 0.717) is 9.90 Å². The lowest BCUT2D eigenvalue weighted by Gasteiger charge is -2.22. The Labute approximate surface area is 136 Å². The Morgan fingerprint density at radius 1 is 1.00 bits per heavy atom. The number of nitrogens with one attached hydrogen (secondary N) is 2. The number of aryl methyl sites for hydroxylation is 1. The lowest BCUT2D eigenvalue weighted by molar-refractivity contribution is 0.603. The summed E-state index contributed by atoms with van der Waals surface area (Å²) in [4.78, 5) is 1.06. The molecule has 0 bridgehead atoms. The highest BCUT2D eigenvalue weighted by Gasteiger charge is 2.17. The first-order valence-electron chi connectivity index (χ1n) is 7.19. The molecule has 0 amide bonds. The number of thiophene rings is 1. The van der Waals surface area contributed by atoms with Crippen molar-refractivity contribution in [1.29, 1.82) is 0 Å². The molecule has 4 nitrogen and oxygen atoms in total. The molecule has 0 atom stereocenters. The summed E-state index contributed by atoms with van der Waals surface area (Å²) in [6.45, 7) is 8.24. The second-order valence-corrected chi connectivity index (χ2v) is 9.21. The normalized spacial score (nSPS) is 12.2. The predicted octanol–water partition coefficient (Wildman–Crippen LogP) is 4.32. The van der Waals surface area contributed by atoms with E-state index in [4.69, 9.17) is 0 Å². The standard InChI is InChI=1S/C16H22N2O2S2/c1-5-14-10-11-15(21-14)22(19,20)18-13-8-6-12(7-9-13)17-16(2,3)4/h6-11,17-18H,5H2,1-4H3. The number of rotatable bonds is 5. The minimum Gasteiger partial charge on any atom is -0.380 e. The molecule has 0 fully saturated rings. The fourth-order valence-electron chi connectivity index (χ4n) is 1.95. The molecule has 6 heteroatoms. The maximum Gasteiger partial charge on any atom is 0.271 e. The summed E-state index contributed by atoms with van der Waals surface area (Å²) < 4.78 is 27.6. The van der Waals surface area contributed by atoms with Crippen molar-refractivity contribution in [2.75, 3.05) is 10.0 Å². The molecule has 22 heavy (non-hydrogen) atoms. The third kappa shape index (κ3) is 4.48. The van der Waals surface area contributed by atoms with Gasteiger partial charge in [0, 0.05) is 21.8 Å². The van der Waals surface area contributed by atoms with Gasteiger partial charge in [-0.15, -0.1) is 11.3 Å². The van der Waals surface area contributed by atoms with Crippen molar-refractivity contribution in [3.05, 3.63) is 41.3 Å². The average molecular weight is 338 g/mol. The van der Waals surface area contributed by atoms with Crippen LogP contribution in [0.5, 0.6) is 0 Å². The largest absolute Gasteiger partial charge is 0.380 e. The number of benzene rings is 1. The molecule has 1 heterocycles. The molecule has 2 rings (SSSR count). The van der Waals surface area contributed by atoms with E-state index >= 15 is 0 Å². The zero-order valence-corrected chi connectivity index (χ0v) is 14.9. The number of hydrogen-bond donors (Lipinski definition) is 2. The minimum atomic E-state index is -3.50. The SMILES string of the molecule is CCc1ccc(S(=O)(=O)Nc2ccc(NC(C)(C)C)cc2)s1. The fourth-order valence-corrected chi connectivity index (χ4v) is 4.31. The van der Waals surface area contributed by atoms with Gasteiger partial charge >= 0.3 is 0 Å². The second-order valence-electron chi connectivity index (χ2n) is 6.13. The van der Waals surface area contributed by atoms with Crippen molar-refractivity contribution >= 4 is 32.7 Å². The lowest BCUT2D eigenvalue weighted by atomic mass is 10.1. The Morgan fingerprint density at radius 3 is 2.09 bits per heavy atom. The van der Waals surface area contributed by atoms with Crippen LogP contribution >= 0.6 is 11.3 Å². The van der Waals surface area contributed by atoms with E-state index in [-0.39, 0.29) is 5.54 Å². The van der Waals surface area contributed by atoms with E-state index < -0.39 is 10.0 Å². The first-order valence-corrected chi connectivity index (χ1v) is 9.49. The quantitative estimate of drug-likeness (QED) is 0.853. The van der Waals surface area contributed by atoms with Crippen LogP contribution in [0.15, 0.2) is 40.6 Å². The van der Waals surface area contributed by atoms with Crippen LogP contribution in [0.3, 0.4) is 0 Å². The van der Waals surface area contributed by atoms with Gasteiger partial charge < -0.3 is 5.32 Å². The Bertz CT molecular complexity index is 726. The van der Waals surface area contributed by atoms with Crippen LogP contribution in [0, 0.1) is 0 Å². The van der Waals surface area contributed by atoms with Crippen molar-refractivity contribution in [2.45, 2.75) is 43.9 Å². The van der Waals surface area contributed by atoms with Crippen LogP contribution in [0.1, 0.15) is 32.6 Å². The summed E-state index contributed by atoms with van der Waals surface area (Å²) in [5.41, 5.74) is 1.49. The Hall–Kier alpha value is -1.53. The van der Waals surface area contributed by atoms with Crippen molar-refractivity contribution in [2.24, 2.45) is 0 Å². The van der Waals surface area contributed by atoms with Crippen LogP contribution in [0.4, 0.5) is 11.4 Å². The van der Waals surface area contributed by atoms with Gasteiger partial charge in [0.15, 0.2) is 0 Å². The Morgan fingerprint density at radius 2 is 1.59 bits per heavy atom. The summed E-state index contributed by atoms with van der Waals surface area (Å²) in [6, 6.07) is 10.8. The fraction of sp³-hybridized carbons (Fsp3) is 0.375. The summed E-state index contributed by atoms with van der Waals surface area (Å²) >= 11 is 1.31. The molecule has 0 aliphatic carbocycles. The van der Waals surface area contributed by atoms with Crippen molar-refractivity contribution in [3.63, 3.8) is 0 Å². The number of hydrogen-bond acceptors (Lipinski definition) is 4. The van der Waals surface area contributed by atoms with Gasteiger partial charge in [-0.2, -0.15) is 0 Å². The minimum absolute atomic E-state index is 0.0332. The molecule has 0 spiro atoms. The van der Waals surface area contributed by atoms with E-state index in [2.05, 4.69) is 30.8 Å². The third-order valence-electron chi connectivity index (χ3n) is 2.91.